The highest BCUT2D eigenvalue weighted by molar-refractivity contribution is 7.80. The quantitative estimate of drug-likeness (QED) is 0.445. The van der Waals surface area contributed by atoms with E-state index in [0.29, 0.717) is 6.42 Å². The first-order valence-corrected chi connectivity index (χ1v) is 3.78. The molecule has 0 saturated carbocycles. The number of allylic oxidation sites excluding steroid dienone is 1. The van der Waals surface area contributed by atoms with Crippen molar-refractivity contribution in [2.24, 2.45) is 0 Å². The largest absolute Gasteiger partial charge is 0.772 e. The second-order valence-corrected chi connectivity index (χ2v) is 4.06. The monoisotopic (exact) mass is 147 g/mol. The van der Waals surface area contributed by atoms with Crippen LogP contribution in [0.1, 0.15) is 20.3 Å². The van der Waals surface area contributed by atoms with Crippen LogP contribution in [0.5, 0.6) is 0 Å². The van der Waals surface area contributed by atoms with Gasteiger partial charge in [-0.15, -0.1) is 6.58 Å². The lowest BCUT2D eigenvalue weighted by Crippen LogP contribution is -2.24. The molecule has 0 radical (unpaired) electrons. The van der Waals surface area contributed by atoms with Crippen LogP contribution in [0.15, 0.2) is 12.7 Å². The number of hydrogen-bond acceptors (Lipinski definition) is 2. The van der Waals surface area contributed by atoms with Gasteiger partial charge in [-0.2, -0.15) is 0 Å². The molecule has 3 heteroatoms. The van der Waals surface area contributed by atoms with Crippen molar-refractivity contribution in [2.75, 3.05) is 0 Å². The summed E-state index contributed by atoms with van der Waals surface area (Å²) in [4.78, 5) is 0. The van der Waals surface area contributed by atoms with Crippen LogP contribution in [0.4, 0.5) is 0 Å². The maximum atomic E-state index is 10.4. The van der Waals surface area contributed by atoms with Crippen LogP contribution < -0.4 is 0 Å². The molecule has 0 aliphatic carbocycles. The van der Waals surface area contributed by atoms with Crippen molar-refractivity contribution in [1.29, 1.82) is 0 Å². The van der Waals surface area contributed by atoms with Gasteiger partial charge in [0.15, 0.2) is 0 Å². The average Bonchev–Trinajstić information content (AvgIpc) is 1.65. The molecule has 0 aliphatic heterocycles. The molecule has 1 unspecified atom stereocenters. The zero-order valence-electron chi connectivity index (χ0n) is 5.72. The zero-order valence-corrected chi connectivity index (χ0v) is 6.53. The van der Waals surface area contributed by atoms with E-state index >= 15 is 0 Å². The van der Waals surface area contributed by atoms with Crippen LogP contribution in [0.3, 0.4) is 0 Å². The lowest BCUT2D eigenvalue weighted by atomic mass is 10.1. The van der Waals surface area contributed by atoms with Crippen molar-refractivity contribution >= 4 is 11.1 Å². The van der Waals surface area contributed by atoms with Crippen LogP contribution in [-0.2, 0) is 11.1 Å². The Morgan fingerprint density at radius 2 is 2.22 bits per heavy atom. The highest BCUT2D eigenvalue weighted by Crippen LogP contribution is 2.15. The van der Waals surface area contributed by atoms with Crippen molar-refractivity contribution in [3.63, 3.8) is 0 Å². The Bertz CT molecular complexity index is 129. The topological polar surface area (TPSA) is 40.1 Å². The highest BCUT2D eigenvalue weighted by atomic mass is 32.2. The number of rotatable bonds is 3. The van der Waals surface area contributed by atoms with E-state index in [1.165, 1.54) is 0 Å². The molecular formula is C6H11O2S-. The molecule has 9 heavy (non-hydrogen) atoms. The summed E-state index contributed by atoms with van der Waals surface area (Å²) in [6.45, 7) is 6.78. The summed E-state index contributed by atoms with van der Waals surface area (Å²) in [5.74, 6) is 0. The summed E-state index contributed by atoms with van der Waals surface area (Å²) >= 11 is -2.00. The van der Waals surface area contributed by atoms with Gasteiger partial charge in [-0.05, 0) is 31.3 Å². The maximum absolute atomic E-state index is 10.4. The van der Waals surface area contributed by atoms with Gasteiger partial charge in [0, 0.05) is 4.75 Å². The normalized spacial score (nSPS) is 15.0. The molecule has 0 aliphatic rings. The van der Waals surface area contributed by atoms with Crippen molar-refractivity contribution in [2.45, 2.75) is 25.0 Å². The smallest absolute Gasteiger partial charge is 0.0305 e. The fourth-order valence-electron chi connectivity index (χ4n) is 0.416. The average molecular weight is 147 g/mol. The standard InChI is InChI=1S/C6H12O2S/c1-4-5-6(2,3)9(7)8/h4H,1,5H2,2-3H3,(H,7,8)/p-1. The minimum atomic E-state index is -2.00. The Balaban J connectivity index is 4.00. The van der Waals surface area contributed by atoms with Crippen LogP contribution in [-0.4, -0.2) is 13.5 Å². The van der Waals surface area contributed by atoms with E-state index in [1.54, 1.807) is 19.9 Å². The lowest BCUT2D eigenvalue weighted by Gasteiger charge is -2.25. The van der Waals surface area contributed by atoms with Gasteiger partial charge in [-0.1, -0.05) is 6.08 Å². The van der Waals surface area contributed by atoms with Crippen molar-refractivity contribution in [3.8, 4) is 0 Å². The molecule has 0 aromatic rings. The second kappa shape index (κ2) is 3.13. The first-order valence-electron chi connectivity index (χ1n) is 2.71. The van der Waals surface area contributed by atoms with Crippen LogP contribution in [0, 0.1) is 0 Å². The summed E-state index contributed by atoms with van der Waals surface area (Å²) in [5.41, 5.74) is 0. The first kappa shape index (κ1) is 8.85. The Labute approximate surface area is 58.3 Å². The third-order valence-corrected chi connectivity index (χ3v) is 2.16. The third-order valence-electron chi connectivity index (χ3n) is 1.09. The Hall–Kier alpha value is -0.150. The Morgan fingerprint density at radius 3 is 2.33 bits per heavy atom. The fraction of sp³-hybridized carbons (Fsp3) is 0.667. The van der Waals surface area contributed by atoms with E-state index in [2.05, 4.69) is 6.58 Å². The molecule has 0 fully saturated rings. The van der Waals surface area contributed by atoms with E-state index in [4.69, 9.17) is 0 Å². The fourth-order valence-corrected chi connectivity index (χ4v) is 0.670. The SMILES string of the molecule is C=CCC(C)(C)S(=O)[O-]. The van der Waals surface area contributed by atoms with Crippen molar-refractivity contribution in [1.82, 2.24) is 0 Å². The lowest BCUT2D eigenvalue weighted by molar-refractivity contribution is 0.495. The molecule has 0 N–H and O–H groups in total. The van der Waals surface area contributed by atoms with E-state index in [9.17, 15) is 8.76 Å². The van der Waals surface area contributed by atoms with E-state index in [1.807, 2.05) is 0 Å². The minimum Gasteiger partial charge on any atom is -0.772 e. The molecule has 0 spiro atoms. The van der Waals surface area contributed by atoms with Gasteiger partial charge in [-0.3, -0.25) is 4.21 Å². The molecule has 0 heterocycles. The third kappa shape index (κ3) is 2.77. The molecule has 2 nitrogen and oxygen atoms in total. The van der Waals surface area contributed by atoms with Crippen molar-refractivity contribution < 1.29 is 8.76 Å². The molecular weight excluding hydrogens is 136 g/mol. The molecule has 0 rings (SSSR count). The van der Waals surface area contributed by atoms with Gasteiger partial charge >= 0.3 is 0 Å². The van der Waals surface area contributed by atoms with Gasteiger partial charge < -0.3 is 4.55 Å². The predicted molar refractivity (Wildman–Crippen MR) is 37.8 cm³/mol. The van der Waals surface area contributed by atoms with Crippen molar-refractivity contribution in [3.05, 3.63) is 12.7 Å². The van der Waals surface area contributed by atoms with Gasteiger partial charge in [0.05, 0.1) is 0 Å². The summed E-state index contributed by atoms with van der Waals surface area (Å²) < 4.78 is 20.1. The second-order valence-electron chi connectivity index (χ2n) is 2.49. The summed E-state index contributed by atoms with van der Waals surface area (Å²) in [7, 11) is 0. The molecule has 0 saturated heterocycles. The summed E-state index contributed by atoms with van der Waals surface area (Å²) in [6, 6.07) is 0. The van der Waals surface area contributed by atoms with Crippen LogP contribution in [0.25, 0.3) is 0 Å². The van der Waals surface area contributed by atoms with Gasteiger partial charge in [0.2, 0.25) is 0 Å². The van der Waals surface area contributed by atoms with E-state index in [0.717, 1.165) is 0 Å². The van der Waals surface area contributed by atoms with Gasteiger partial charge in [0.25, 0.3) is 0 Å². The molecule has 0 aromatic heterocycles. The van der Waals surface area contributed by atoms with Crippen LogP contribution in [0.2, 0.25) is 0 Å². The first-order chi connectivity index (χ1) is 4.00. The Kier molecular flexibility index (Phi) is 3.08. The highest BCUT2D eigenvalue weighted by Gasteiger charge is 2.15. The van der Waals surface area contributed by atoms with Crippen LogP contribution >= 0.6 is 0 Å². The van der Waals surface area contributed by atoms with Gasteiger partial charge in [0.1, 0.15) is 0 Å². The van der Waals surface area contributed by atoms with E-state index < -0.39 is 15.8 Å². The van der Waals surface area contributed by atoms with E-state index in [-0.39, 0.29) is 0 Å². The molecule has 0 bridgehead atoms. The summed E-state index contributed by atoms with van der Waals surface area (Å²) in [6.07, 6.45) is 2.11. The van der Waals surface area contributed by atoms with Gasteiger partial charge in [-0.25, -0.2) is 0 Å². The Morgan fingerprint density at radius 1 is 1.78 bits per heavy atom. The maximum Gasteiger partial charge on any atom is 0.0305 e. The molecule has 0 amide bonds. The molecule has 0 aromatic carbocycles. The molecule has 1 atom stereocenters. The zero-order chi connectivity index (χ0) is 7.49. The minimum absolute atomic E-state index is 0.503. The number of hydrogen-bond donors (Lipinski definition) is 0. The summed E-state index contributed by atoms with van der Waals surface area (Å²) in [5, 5.41) is 0. The molecule has 54 valence electrons. The predicted octanol–water partition coefficient (Wildman–Crippen LogP) is 1.22.